The molecule has 72 valence electrons. The topological polar surface area (TPSA) is 38.9 Å². The largest absolute Gasteiger partial charge is 0.243 e. The molecule has 4 rings (SSSR count). The third-order valence-electron chi connectivity index (χ3n) is 2.54. The number of hydrogen-bond acceptors (Lipinski definition) is 5. The van der Waals surface area contributed by atoms with E-state index in [4.69, 9.17) is 4.63 Å². The molecule has 0 aliphatic heterocycles. The minimum absolute atomic E-state index is 0.872. The van der Waals surface area contributed by atoms with Crippen molar-refractivity contribution in [1.82, 2.24) is 10.3 Å². The zero-order chi connectivity index (χ0) is 9.83. The van der Waals surface area contributed by atoms with Crippen molar-refractivity contribution in [3.05, 3.63) is 22.9 Å². The fraction of sp³-hybridized carbons (Fsp3) is 0. The van der Waals surface area contributed by atoms with Gasteiger partial charge in [-0.1, -0.05) is 0 Å². The van der Waals surface area contributed by atoms with Crippen molar-refractivity contribution in [2.45, 2.75) is 0 Å². The van der Waals surface area contributed by atoms with E-state index in [1.54, 1.807) is 22.7 Å². The Morgan fingerprint density at radius 1 is 0.867 bits per heavy atom. The quantitative estimate of drug-likeness (QED) is 0.464. The van der Waals surface area contributed by atoms with Gasteiger partial charge in [-0.15, -0.1) is 22.7 Å². The van der Waals surface area contributed by atoms with E-state index in [9.17, 15) is 0 Å². The fourth-order valence-electron chi connectivity index (χ4n) is 1.89. The molecule has 0 radical (unpaired) electrons. The number of rotatable bonds is 0. The first-order valence-corrected chi connectivity index (χ1v) is 6.20. The van der Waals surface area contributed by atoms with Crippen LogP contribution in [0.5, 0.6) is 0 Å². The summed E-state index contributed by atoms with van der Waals surface area (Å²) in [5.41, 5.74) is 1.74. The van der Waals surface area contributed by atoms with Crippen LogP contribution in [-0.2, 0) is 0 Å². The molecular formula is C10H4N2OS2. The molecule has 15 heavy (non-hydrogen) atoms. The lowest BCUT2D eigenvalue weighted by Crippen LogP contribution is -1.72. The summed E-state index contributed by atoms with van der Waals surface area (Å²) in [5, 5.41) is 14.4. The van der Waals surface area contributed by atoms with Crippen LogP contribution >= 0.6 is 22.7 Å². The van der Waals surface area contributed by atoms with Gasteiger partial charge in [0.05, 0.1) is 9.40 Å². The number of fused-ring (bicyclic) bond motifs is 6. The molecule has 0 unspecified atom stereocenters. The monoisotopic (exact) mass is 232 g/mol. The van der Waals surface area contributed by atoms with Gasteiger partial charge in [0.15, 0.2) is 0 Å². The second-order valence-corrected chi connectivity index (χ2v) is 5.12. The maximum atomic E-state index is 4.83. The van der Waals surface area contributed by atoms with Gasteiger partial charge in [0.1, 0.15) is 11.0 Å². The molecule has 0 atom stereocenters. The molecule has 0 saturated heterocycles. The minimum atomic E-state index is 0.872. The van der Waals surface area contributed by atoms with E-state index in [-0.39, 0.29) is 0 Å². The summed E-state index contributed by atoms with van der Waals surface area (Å²) in [6, 6.07) is 4.15. The highest BCUT2D eigenvalue weighted by molar-refractivity contribution is 7.25. The molecule has 3 aromatic heterocycles. The summed E-state index contributed by atoms with van der Waals surface area (Å²) >= 11 is 3.48. The van der Waals surface area contributed by atoms with Gasteiger partial charge in [-0.25, -0.2) is 4.63 Å². The summed E-state index contributed by atoms with van der Waals surface area (Å²) in [4.78, 5) is 0. The van der Waals surface area contributed by atoms with Crippen molar-refractivity contribution in [3.8, 4) is 0 Å². The maximum absolute atomic E-state index is 4.83. The van der Waals surface area contributed by atoms with Crippen LogP contribution < -0.4 is 0 Å². The SMILES string of the molecule is c1cc2c3nonc3c3ccsc3c2s1. The highest BCUT2D eigenvalue weighted by atomic mass is 32.1. The summed E-state index contributed by atoms with van der Waals surface area (Å²) in [7, 11) is 0. The van der Waals surface area contributed by atoms with Crippen molar-refractivity contribution in [2.75, 3.05) is 0 Å². The van der Waals surface area contributed by atoms with Crippen molar-refractivity contribution < 1.29 is 4.63 Å². The van der Waals surface area contributed by atoms with Gasteiger partial charge in [-0.2, -0.15) is 0 Å². The summed E-state index contributed by atoms with van der Waals surface area (Å²) in [5.74, 6) is 0. The number of hydrogen-bond donors (Lipinski definition) is 0. The molecule has 0 bridgehead atoms. The predicted molar refractivity (Wildman–Crippen MR) is 62.6 cm³/mol. The first kappa shape index (κ1) is 7.78. The molecule has 0 spiro atoms. The lowest BCUT2D eigenvalue weighted by Gasteiger charge is -1.92. The van der Waals surface area contributed by atoms with Crippen LogP contribution in [0.2, 0.25) is 0 Å². The predicted octanol–water partition coefficient (Wildman–Crippen LogP) is 3.65. The normalized spacial score (nSPS) is 12.0. The van der Waals surface area contributed by atoms with Gasteiger partial charge in [-0.05, 0) is 33.2 Å². The second-order valence-electron chi connectivity index (χ2n) is 3.29. The van der Waals surface area contributed by atoms with Crippen LogP contribution in [0.4, 0.5) is 0 Å². The third kappa shape index (κ3) is 0.848. The Balaban J connectivity index is 2.56. The van der Waals surface area contributed by atoms with Gasteiger partial charge in [-0.3, -0.25) is 0 Å². The van der Waals surface area contributed by atoms with E-state index in [1.807, 2.05) is 0 Å². The average Bonchev–Trinajstić information content (AvgIpc) is 2.97. The van der Waals surface area contributed by atoms with Gasteiger partial charge in [0.25, 0.3) is 0 Å². The molecule has 0 aliphatic carbocycles. The van der Waals surface area contributed by atoms with Crippen LogP contribution in [-0.4, -0.2) is 10.3 Å². The van der Waals surface area contributed by atoms with Crippen molar-refractivity contribution >= 4 is 53.9 Å². The minimum Gasteiger partial charge on any atom is -0.243 e. The zero-order valence-electron chi connectivity index (χ0n) is 7.43. The van der Waals surface area contributed by atoms with Gasteiger partial charge in [0, 0.05) is 10.8 Å². The molecule has 4 aromatic rings. The van der Waals surface area contributed by atoms with Crippen LogP contribution in [0.1, 0.15) is 0 Å². The van der Waals surface area contributed by atoms with Crippen molar-refractivity contribution in [3.63, 3.8) is 0 Å². The standard InChI is InChI=1S/C10H4N2OS2/c1-3-14-9-5(1)7-8(12-13-11-7)6-2-4-15-10(6)9/h1-4H. The second kappa shape index (κ2) is 2.56. The van der Waals surface area contributed by atoms with Crippen LogP contribution in [0.25, 0.3) is 31.2 Å². The van der Waals surface area contributed by atoms with E-state index in [1.165, 1.54) is 9.40 Å². The summed E-state index contributed by atoms with van der Waals surface area (Å²) < 4.78 is 7.39. The molecule has 3 nitrogen and oxygen atoms in total. The molecule has 0 N–H and O–H groups in total. The first-order chi connectivity index (χ1) is 7.45. The summed E-state index contributed by atoms with van der Waals surface area (Å²) in [6.45, 7) is 0. The van der Waals surface area contributed by atoms with Crippen molar-refractivity contribution in [2.24, 2.45) is 0 Å². The maximum Gasteiger partial charge on any atom is 0.144 e. The lowest BCUT2D eigenvalue weighted by molar-refractivity contribution is 0.316. The first-order valence-electron chi connectivity index (χ1n) is 4.44. The van der Waals surface area contributed by atoms with E-state index in [0.717, 1.165) is 21.8 Å². The van der Waals surface area contributed by atoms with E-state index in [0.29, 0.717) is 0 Å². The zero-order valence-corrected chi connectivity index (χ0v) is 9.06. The third-order valence-corrected chi connectivity index (χ3v) is 4.53. The number of thiophene rings is 2. The molecule has 0 amide bonds. The van der Waals surface area contributed by atoms with Gasteiger partial charge < -0.3 is 0 Å². The van der Waals surface area contributed by atoms with E-state index < -0.39 is 0 Å². The molecule has 3 heterocycles. The smallest absolute Gasteiger partial charge is 0.144 e. The van der Waals surface area contributed by atoms with Gasteiger partial charge >= 0.3 is 0 Å². The fourth-order valence-corrected chi connectivity index (χ4v) is 3.87. The van der Waals surface area contributed by atoms with E-state index >= 15 is 0 Å². The number of aromatic nitrogens is 2. The molecule has 0 aliphatic rings. The number of benzene rings is 1. The molecule has 5 heteroatoms. The Hall–Kier alpha value is -1.46. The Morgan fingerprint density at radius 3 is 1.93 bits per heavy atom. The Bertz CT molecular complexity index is 585. The number of nitrogens with zero attached hydrogens (tertiary/aromatic N) is 2. The average molecular weight is 232 g/mol. The molecular weight excluding hydrogens is 228 g/mol. The highest BCUT2D eigenvalue weighted by Gasteiger charge is 2.14. The van der Waals surface area contributed by atoms with Crippen LogP contribution in [0, 0.1) is 0 Å². The van der Waals surface area contributed by atoms with E-state index in [2.05, 4.69) is 33.2 Å². The lowest BCUT2D eigenvalue weighted by atomic mass is 10.2. The Kier molecular flexibility index (Phi) is 1.33. The molecule has 0 fully saturated rings. The van der Waals surface area contributed by atoms with Crippen molar-refractivity contribution in [1.29, 1.82) is 0 Å². The molecule has 1 aromatic carbocycles. The van der Waals surface area contributed by atoms with Gasteiger partial charge in [0.2, 0.25) is 0 Å². The highest BCUT2D eigenvalue weighted by Crippen LogP contribution is 2.38. The van der Waals surface area contributed by atoms with Crippen LogP contribution in [0.15, 0.2) is 27.5 Å². The van der Waals surface area contributed by atoms with Crippen LogP contribution in [0.3, 0.4) is 0 Å². The molecule has 0 saturated carbocycles. The Labute approximate surface area is 91.9 Å². The Morgan fingerprint density at radius 2 is 1.40 bits per heavy atom. The summed E-state index contributed by atoms with van der Waals surface area (Å²) in [6.07, 6.45) is 0.